The Hall–Kier alpha value is -1.51. The Labute approximate surface area is 168 Å². The van der Waals surface area contributed by atoms with Crippen LogP contribution in [-0.4, -0.2) is 51.2 Å². The molecule has 2 aliphatic rings. The van der Waals surface area contributed by atoms with E-state index in [9.17, 15) is 8.78 Å². The summed E-state index contributed by atoms with van der Waals surface area (Å²) in [7, 11) is 2.03. The molecule has 2 aromatic rings. The number of rotatable bonds is 6. The molecule has 3 heterocycles. The first kappa shape index (κ1) is 19.8. The van der Waals surface area contributed by atoms with Crippen LogP contribution in [0.15, 0.2) is 23.4 Å². The highest BCUT2D eigenvalue weighted by Crippen LogP contribution is 2.30. The van der Waals surface area contributed by atoms with Crippen molar-refractivity contribution in [3.05, 3.63) is 41.2 Å². The average molecular weight is 409 g/mol. The van der Waals surface area contributed by atoms with Crippen molar-refractivity contribution in [2.24, 2.45) is 7.05 Å². The second-order valence-electron chi connectivity index (χ2n) is 7.63. The van der Waals surface area contributed by atoms with Gasteiger partial charge in [0.1, 0.15) is 17.5 Å². The fourth-order valence-electron chi connectivity index (χ4n) is 4.01. The fourth-order valence-corrected chi connectivity index (χ4v) is 4.99. The minimum Gasteiger partial charge on any atom is -0.377 e. The Morgan fingerprint density at radius 3 is 2.75 bits per heavy atom. The van der Waals surface area contributed by atoms with Crippen molar-refractivity contribution >= 4 is 11.8 Å². The first-order valence-corrected chi connectivity index (χ1v) is 10.9. The standard InChI is InChI=1S/C20H26F2N4OS/c1-25-19(23-24-20(25)28-13-17-3-2-10-27-17)14-6-8-26(9-7-14)12-15-11-16(21)4-5-18(15)22/h4-5,11,14,17H,2-3,6-10,12-13H2,1H3. The Morgan fingerprint density at radius 1 is 1.18 bits per heavy atom. The summed E-state index contributed by atoms with van der Waals surface area (Å²) in [6, 6.07) is 3.65. The smallest absolute Gasteiger partial charge is 0.191 e. The second kappa shape index (κ2) is 8.88. The van der Waals surface area contributed by atoms with Crippen molar-refractivity contribution < 1.29 is 13.5 Å². The van der Waals surface area contributed by atoms with E-state index in [1.807, 2.05) is 7.05 Å². The van der Waals surface area contributed by atoms with Crippen molar-refractivity contribution in [2.45, 2.75) is 49.4 Å². The lowest BCUT2D eigenvalue weighted by molar-refractivity contribution is 0.129. The van der Waals surface area contributed by atoms with E-state index >= 15 is 0 Å². The predicted molar refractivity (Wildman–Crippen MR) is 104 cm³/mol. The summed E-state index contributed by atoms with van der Waals surface area (Å²) in [5.74, 6) is 1.56. The van der Waals surface area contributed by atoms with Crippen LogP contribution in [0.1, 0.15) is 43.0 Å². The van der Waals surface area contributed by atoms with Crippen LogP contribution in [0.5, 0.6) is 0 Å². The van der Waals surface area contributed by atoms with Crippen LogP contribution in [0.4, 0.5) is 8.78 Å². The summed E-state index contributed by atoms with van der Waals surface area (Å²) in [6.45, 7) is 2.99. The SMILES string of the molecule is Cn1c(SCC2CCCO2)nnc1C1CCN(Cc2cc(F)ccc2F)CC1. The molecule has 28 heavy (non-hydrogen) atoms. The van der Waals surface area contributed by atoms with Crippen molar-refractivity contribution in [1.29, 1.82) is 0 Å². The third kappa shape index (κ3) is 4.55. The fraction of sp³-hybridized carbons (Fsp3) is 0.600. The maximum absolute atomic E-state index is 13.9. The Morgan fingerprint density at radius 2 is 2.00 bits per heavy atom. The molecule has 0 bridgehead atoms. The van der Waals surface area contributed by atoms with Crippen molar-refractivity contribution in [3.63, 3.8) is 0 Å². The number of ether oxygens (including phenoxy) is 1. The quantitative estimate of drug-likeness (QED) is 0.681. The van der Waals surface area contributed by atoms with E-state index in [-0.39, 0.29) is 5.82 Å². The Bertz CT molecular complexity index is 801. The molecule has 2 saturated heterocycles. The van der Waals surface area contributed by atoms with Crippen LogP contribution in [-0.2, 0) is 18.3 Å². The van der Waals surface area contributed by atoms with Crippen LogP contribution in [0.25, 0.3) is 0 Å². The first-order valence-electron chi connectivity index (χ1n) is 9.90. The number of hydrogen-bond donors (Lipinski definition) is 0. The highest BCUT2D eigenvalue weighted by molar-refractivity contribution is 7.99. The van der Waals surface area contributed by atoms with Crippen LogP contribution >= 0.6 is 11.8 Å². The van der Waals surface area contributed by atoms with Gasteiger partial charge in [0, 0.05) is 37.4 Å². The van der Waals surface area contributed by atoms with E-state index in [1.165, 1.54) is 12.1 Å². The molecule has 0 N–H and O–H groups in total. The molecule has 152 valence electrons. The number of likely N-dealkylation sites (tertiary alicyclic amines) is 1. The van der Waals surface area contributed by atoms with Gasteiger partial charge in [0.2, 0.25) is 0 Å². The van der Waals surface area contributed by atoms with Gasteiger partial charge in [-0.15, -0.1) is 10.2 Å². The van der Waals surface area contributed by atoms with E-state index in [1.54, 1.807) is 11.8 Å². The van der Waals surface area contributed by atoms with Gasteiger partial charge < -0.3 is 9.30 Å². The number of nitrogens with zero attached hydrogens (tertiary/aromatic N) is 4. The number of benzene rings is 1. The van der Waals surface area contributed by atoms with E-state index in [0.29, 0.717) is 24.1 Å². The molecule has 8 heteroatoms. The zero-order valence-corrected chi connectivity index (χ0v) is 16.9. The minimum atomic E-state index is -0.390. The minimum absolute atomic E-state index is 0.330. The van der Waals surface area contributed by atoms with Gasteiger partial charge in [-0.1, -0.05) is 11.8 Å². The van der Waals surface area contributed by atoms with E-state index in [4.69, 9.17) is 4.74 Å². The highest BCUT2D eigenvalue weighted by Gasteiger charge is 2.26. The average Bonchev–Trinajstić information content (AvgIpc) is 3.34. The van der Waals surface area contributed by atoms with E-state index < -0.39 is 5.82 Å². The molecule has 0 amide bonds. The maximum Gasteiger partial charge on any atom is 0.191 e. The van der Waals surface area contributed by atoms with Gasteiger partial charge in [0.25, 0.3) is 0 Å². The number of piperidine rings is 1. The lowest BCUT2D eigenvalue weighted by Crippen LogP contribution is -2.33. The molecule has 0 spiro atoms. The van der Waals surface area contributed by atoms with Crippen molar-refractivity contribution in [3.8, 4) is 0 Å². The van der Waals surface area contributed by atoms with Gasteiger partial charge in [-0.25, -0.2) is 8.78 Å². The number of hydrogen-bond acceptors (Lipinski definition) is 5. The monoisotopic (exact) mass is 408 g/mol. The topological polar surface area (TPSA) is 43.2 Å². The lowest BCUT2D eigenvalue weighted by atomic mass is 9.95. The molecule has 1 unspecified atom stereocenters. The molecule has 0 radical (unpaired) electrons. The summed E-state index contributed by atoms with van der Waals surface area (Å²) in [4.78, 5) is 2.18. The lowest BCUT2D eigenvalue weighted by Gasteiger charge is -2.31. The molecular formula is C20H26F2N4OS. The molecule has 4 rings (SSSR count). The van der Waals surface area contributed by atoms with Gasteiger partial charge in [-0.05, 0) is 57.0 Å². The Balaban J connectivity index is 1.31. The Kier molecular flexibility index (Phi) is 6.28. The van der Waals surface area contributed by atoms with Crippen LogP contribution in [0, 0.1) is 11.6 Å². The molecular weight excluding hydrogens is 382 g/mol. The third-order valence-electron chi connectivity index (χ3n) is 5.65. The summed E-state index contributed by atoms with van der Waals surface area (Å²) in [5.41, 5.74) is 0.421. The summed E-state index contributed by atoms with van der Waals surface area (Å²) >= 11 is 1.71. The van der Waals surface area contributed by atoms with Crippen molar-refractivity contribution in [2.75, 3.05) is 25.4 Å². The largest absolute Gasteiger partial charge is 0.377 e. The predicted octanol–water partition coefficient (Wildman–Crippen LogP) is 3.74. The number of aromatic nitrogens is 3. The second-order valence-corrected chi connectivity index (χ2v) is 8.62. The summed E-state index contributed by atoms with van der Waals surface area (Å²) in [6.07, 6.45) is 4.49. The third-order valence-corrected chi connectivity index (χ3v) is 6.80. The van der Waals surface area contributed by atoms with E-state index in [2.05, 4.69) is 19.7 Å². The molecule has 1 aromatic carbocycles. The highest BCUT2D eigenvalue weighted by atomic mass is 32.2. The van der Waals surface area contributed by atoms with Crippen LogP contribution in [0.2, 0.25) is 0 Å². The molecule has 5 nitrogen and oxygen atoms in total. The van der Waals surface area contributed by atoms with Gasteiger partial charge in [0.15, 0.2) is 5.16 Å². The van der Waals surface area contributed by atoms with Crippen LogP contribution in [0.3, 0.4) is 0 Å². The number of halogens is 2. The molecule has 2 fully saturated rings. The van der Waals surface area contributed by atoms with Crippen LogP contribution < -0.4 is 0 Å². The van der Waals surface area contributed by atoms with E-state index in [0.717, 1.165) is 68.2 Å². The molecule has 1 atom stereocenters. The van der Waals surface area contributed by atoms with Gasteiger partial charge in [-0.3, -0.25) is 4.90 Å². The molecule has 2 aliphatic heterocycles. The maximum atomic E-state index is 13.9. The molecule has 0 saturated carbocycles. The van der Waals surface area contributed by atoms with Gasteiger partial charge in [0.05, 0.1) is 6.10 Å². The summed E-state index contributed by atoms with van der Waals surface area (Å²) in [5, 5.41) is 9.76. The van der Waals surface area contributed by atoms with Gasteiger partial charge in [-0.2, -0.15) is 0 Å². The zero-order valence-electron chi connectivity index (χ0n) is 16.1. The number of thioether (sulfide) groups is 1. The normalized spacial score (nSPS) is 21.5. The van der Waals surface area contributed by atoms with Gasteiger partial charge >= 0.3 is 0 Å². The zero-order chi connectivity index (χ0) is 19.5. The molecule has 1 aromatic heterocycles. The summed E-state index contributed by atoms with van der Waals surface area (Å²) < 4.78 is 35.0. The van der Waals surface area contributed by atoms with Crippen molar-refractivity contribution in [1.82, 2.24) is 19.7 Å². The molecule has 0 aliphatic carbocycles. The first-order chi connectivity index (χ1) is 13.6.